The van der Waals surface area contributed by atoms with Crippen molar-refractivity contribution in [1.82, 2.24) is 9.47 Å². The number of benzene rings is 2. The topological polar surface area (TPSA) is 28.5 Å². The maximum Gasteiger partial charge on any atom is 0.254 e. The zero-order valence-electron chi connectivity index (χ0n) is 14.4. The summed E-state index contributed by atoms with van der Waals surface area (Å²) in [5.74, 6) is -0.178. The fourth-order valence-electron chi connectivity index (χ4n) is 3.31. The van der Waals surface area contributed by atoms with E-state index in [2.05, 4.69) is 4.90 Å². The number of hydrogen-bond donors (Lipinski definition) is 0. The SMILES string of the molecule is O=C(c1cccc(-n2cccc2)c1)N1CCN(c2ccc(F)cc2)CC1. The summed E-state index contributed by atoms with van der Waals surface area (Å²) >= 11 is 0. The van der Waals surface area contributed by atoms with E-state index in [-0.39, 0.29) is 11.7 Å². The monoisotopic (exact) mass is 349 g/mol. The lowest BCUT2D eigenvalue weighted by Gasteiger charge is -2.36. The van der Waals surface area contributed by atoms with Crippen molar-refractivity contribution in [2.75, 3.05) is 31.1 Å². The van der Waals surface area contributed by atoms with Crippen molar-refractivity contribution in [3.8, 4) is 5.69 Å². The summed E-state index contributed by atoms with van der Waals surface area (Å²) in [5.41, 5.74) is 2.67. The van der Waals surface area contributed by atoms with Crippen LogP contribution in [0.15, 0.2) is 73.1 Å². The van der Waals surface area contributed by atoms with Gasteiger partial charge in [-0.2, -0.15) is 0 Å². The average Bonchev–Trinajstić information content (AvgIpc) is 3.23. The maximum absolute atomic E-state index is 13.1. The van der Waals surface area contributed by atoms with Crippen LogP contribution in [-0.2, 0) is 0 Å². The van der Waals surface area contributed by atoms with Gasteiger partial charge in [-0.25, -0.2) is 4.39 Å². The fourth-order valence-corrected chi connectivity index (χ4v) is 3.31. The molecule has 2 aromatic carbocycles. The second-order valence-corrected chi connectivity index (χ2v) is 6.40. The molecule has 0 radical (unpaired) electrons. The lowest BCUT2D eigenvalue weighted by molar-refractivity contribution is 0.0747. The Morgan fingerprint density at radius 1 is 0.808 bits per heavy atom. The van der Waals surface area contributed by atoms with Crippen LogP contribution in [-0.4, -0.2) is 41.6 Å². The van der Waals surface area contributed by atoms with Gasteiger partial charge in [0.2, 0.25) is 0 Å². The van der Waals surface area contributed by atoms with Crippen molar-refractivity contribution in [2.24, 2.45) is 0 Å². The molecule has 1 aliphatic heterocycles. The second kappa shape index (κ2) is 7.04. The lowest BCUT2D eigenvalue weighted by Crippen LogP contribution is -2.48. The van der Waals surface area contributed by atoms with Gasteiger partial charge >= 0.3 is 0 Å². The molecule has 0 aliphatic carbocycles. The highest BCUT2D eigenvalue weighted by Crippen LogP contribution is 2.19. The Morgan fingerprint density at radius 3 is 2.19 bits per heavy atom. The number of nitrogens with zero attached hydrogens (tertiary/aromatic N) is 3. The largest absolute Gasteiger partial charge is 0.368 e. The zero-order valence-corrected chi connectivity index (χ0v) is 14.4. The number of piperazine rings is 1. The third-order valence-corrected chi connectivity index (χ3v) is 4.75. The average molecular weight is 349 g/mol. The third kappa shape index (κ3) is 3.33. The molecule has 1 saturated heterocycles. The van der Waals surface area contributed by atoms with Gasteiger partial charge in [0.1, 0.15) is 5.82 Å². The molecule has 0 atom stereocenters. The number of carbonyl (C=O) groups is 1. The Balaban J connectivity index is 1.44. The molecule has 4 rings (SSSR count). The lowest BCUT2D eigenvalue weighted by atomic mass is 10.1. The number of aromatic nitrogens is 1. The van der Waals surface area contributed by atoms with Gasteiger partial charge in [0.15, 0.2) is 0 Å². The third-order valence-electron chi connectivity index (χ3n) is 4.75. The van der Waals surface area contributed by atoms with Crippen LogP contribution in [0.1, 0.15) is 10.4 Å². The molecule has 1 amide bonds. The minimum absolute atomic E-state index is 0.0535. The second-order valence-electron chi connectivity index (χ2n) is 6.40. The minimum atomic E-state index is -0.231. The summed E-state index contributed by atoms with van der Waals surface area (Å²) in [5, 5.41) is 0. The minimum Gasteiger partial charge on any atom is -0.368 e. The van der Waals surface area contributed by atoms with Crippen molar-refractivity contribution in [3.63, 3.8) is 0 Å². The van der Waals surface area contributed by atoms with E-state index < -0.39 is 0 Å². The summed E-state index contributed by atoms with van der Waals surface area (Å²) in [4.78, 5) is 16.9. The molecule has 0 bridgehead atoms. The molecule has 0 saturated carbocycles. The molecular formula is C21H20FN3O. The van der Waals surface area contributed by atoms with Crippen LogP contribution in [0.5, 0.6) is 0 Å². The quantitative estimate of drug-likeness (QED) is 0.723. The van der Waals surface area contributed by atoms with Gasteiger partial charge in [0.05, 0.1) is 0 Å². The molecule has 3 aromatic rings. The van der Waals surface area contributed by atoms with Gasteiger partial charge in [0.25, 0.3) is 5.91 Å². The molecule has 26 heavy (non-hydrogen) atoms. The Morgan fingerprint density at radius 2 is 1.50 bits per heavy atom. The van der Waals surface area contributed by atoms with Crippen LogP contribution in [0.3, 0.4) is 0 Å². The summed E-state index contributed by atoms with van der Waals surface area (Å²) in [6, 6.07) is 18.1. The summed E-state index contributed by atoms with van der Waals surface area (Å²) in [6.07, 6.45) is 3.93. The highest BCUT2D eigenvalue weighted by atomic mass is 19.1. The van der Waals surface area contributed by atoms with E-state index in [4.69, 9.17) is 0 Å². The van der Waals surface area contributed by atoms with E-state index in [0.29, 0.717) is 18.7 Å². The predicted molar refractivity (Wildman–Crippen MR) is 100 cm³/mol. The van der Waals surface area contributed by atoms with Crippen molar-refractivity contribution >= 4 is 11.6 Å². The number of hydrogen-bond acceptors (Lipinski definition) is 2. The molecular weight excluding hydrogens is 329 g/mol. The first-order valence-corrected chi connectivity index (χ1v) is 8.74. The number of amides is 1. The highest BCUT2D eigenvalue weighted by molar-refractivity contribution is 5.95. The van der Waals surface area contributed by atoms with Gasteiger partial charge in [-0.05, 0) is 54.6 Å². The molecule has 0 unspecified atom stereocenters. The molecule has 1 fully saturated rings. The predicted octanol–water partition coefficient (Wildman–Crippen LogP) is 3.58. The Bertz CT molecular complexity index is 882. The van der Waals surface area contributed by atoms with Gasteiger partial charge in [0, 0.05) is 55.5 Å². The van der Waals surface area contributed by atoms with Gasteiger partial charge < -0.3 is 14.4 Å². The van der Waals surface area contributed by atoms with E-state index >= 15 is 0 Å². The summed E-state index contributed by atoms with van der Waals surface area (Å²) < 4.78 is 15.1. The van der Waals surface area contributed by atoms with Crippen LogP contribution in [0.4, 0.5) is 10.1 Å². The normalized spacial score (nSPS) is 14.5. The number of rotatable bonds is 3. The molecule has 1 aliphatic rings. The van der Waals surface area contributed by atoms with Crippen molar-refractivity contribution < 1.29 is 9.18 Å². The molecule has 0 N–H and O–H groups in total. The van der Waals surface area contributed by atoms with Gasteiger partial charge in [-0.1, -0.05) is 6.07 Å². The van der Waals surface area contributed by atoms with E-state index in [1.54, 1.807) is 12.1 Å². The first-order chi connectivity index (χ1) is 12.7. The van der Waals surface area contributed by atoms with E-state index in [0.717, 1.165) is 24.5 Å². The molecule has 5 heteroatoms. The first kappa shape index (κ1) is 16.4. The molecule has 132 valence electrons. The van der Waals surface area contributed by atoms with Crippen LogP contribution in [0.25, 0.3) is 5.69 Å². The van der Waals surface area contributed by atoms with Crippen LogP contribution >= 0.6 is 0 Å². The molecule has 4 nitrogen and oxygen atoms in total. The Labute approximate surface area is 152 Å². The van der Waals surface area contributed by atoms with Crippen molar-refractivity contribution in [3.05, 3.63) is 84.4 Å². The van der Waals surface area contributed by atoms with E-state index in [9.17, 15) is 9.18 Å². The smallest absolute Gasteiger partial charge is 0.254 e. The summed E-state index contributed by atoms with van der Waals surface area (Å²) in [7, 11) is 0. The van der Waals surface area contributed by atoms with Crippen LogP contribution in [0, 0.1) is 5.82 Å². The van der Waals surface area contributed by atoms with Gasteiger partial charge in [-0.15, -0.1) is 0 Å². The fraction of sp³-hybridized carbons (Fsp3) is 0.190. The zero-order chi connectivity index (χ0) is 17.9. The number of halogens is 1. The van der Waals surface area contributed by atoms with Crippen molar-refractivity contribution in [1.29, 1.82) is 0 Å². The summed E-state index contributed by atoms with van der Waals surface area (Å²) in [6.45, 7) is 2.80. The number of anilines is 1. The Kier molecular flexibility index (Phi) is 4.44. The van der Waals surface area contributed by atoms with E-state index in [1.165, 1.54) is 12.1 Å². The number of carbonyl (C=O) groups excluding carboxylic acids is 1. The highest BCUT2D eigenvalue weighted by Gasteiger charge is 2.22. The standard InChI is InChI=1S/C21H20FN3O/c22-18-6-8-19(9-7-18)24-12-14-25(15-13-24)21(26)17-4-3-5-20(16-17)23-10-1-2-11-23/h1-11,16H,12-15H2. The molecule has 0 spiro atoms. The first-order valence-electron chi connectivity index (χ1n) is 8.74. The van der Waals surface area contributed by atoms with Crippen molar-refractivity contribution in [2.45, 2.75) is 0 Å². The Hall–Kier alpha value is -3.08. The van der Waals surface area contributed by atoms with E-state index in [1.807, 2.05) is 58.3 Å². The molecule has 2 heterocycles. The maximum atomic E-state index is 13.1. The van der Waals surface area contributed by atoms with Crippen LogP contribution in [0.2, 0.25) is 0 Å². The van der Waals surface area contributed by atoms with Crippen LogP contribution < -0.4 is 4.90 Å². The molecule has 1 aromatic heterocycles. The van der Waals surface area contributed by atoms with Gasteiger partial charge in [-0.3, -0.25) is 4.79 Å².